The summed E-state index contributed by atoms with van der Waals surface area (Å²) in [5.41, 5.74) is -0.193. The van der Waals surface area contributed by atoms with Crippen LogP contribution in [0.5, 0.6) is 0 Å². The number of hydrogen-bond acceptors (Lipinski definition) is 3. The van der Waals surface area contributed by atoms with Crippen LogP contribution in [-0.2, 0) is 17.9 Å². The fraction of sp³-hybridized carbons (Fsp3) is 0.438. The van der Waals surface area contributed by atoms with Gasteiger partial charge in [-0.25, -0.2) is 4.79 Å². The molecule has 0 atom stereocenters. The van der Waals surface area contributed by atoms with Gasteiger partial charge in [0.25, 0.3) is 5.56 Å². The maximum Gasteiger partial charge on any atom is 0.331 e. The number of fused-ring (bicyclic) bond motifs is 1. The number of carbonyl (C=O) groups is 1. The Hall–Kier alpha value is -2.37. The molecule has 1 aliphatic rings. The van der Waals surface area contributed by atoms with Gasteiger partial charge in [0.2, 0.25) is 5.91 Å². The predicted octanol–water partition coefficient (Wildman–Crippen LogP) is 0.805. The first-order chi connectivity index (χ1) is 10.6. The van der Waals surface area contributed by atoms with Crippen LogP contribution in [0.1, 0.15) is 19.8 Å². The van der Waals surface area contributed by atoms with Crippen molar-refractivity contribution in [3.8, 4) is 0 Å². The molecule has 0 aliphatic carbocycles. The van der Waals surface area contributed by atoms with Gasteiger partial charge in [-0.2, -0.15) is 0 Å². The van der Waals surface area contributed by atoms with Crippen LogP contribution < -0.4 is 11.2 Å². The fourth-order valence-corrected chi connectivity index (χ4v) is 3.02. The van der Waals surface area contributed by atoms with Crippen molar-refractivity contribution in [2.75, 3.05) is 13.1 Å². The number of rotatable bonds is 3. The molecule has 0 spiro atoms. The molecule has 0 saturated carbocycles. The van der Waals surface area contributed by atoms with Crippen LogP contribution >= 0.6 is 0 Å². The molecule has 1 aliphatic heterocycles. The lowest BCUT2D eigenvalue weighted by molar-refractivity contribution is -0.130. The molecule has 2 aromatic rings. The van der Waals surface area contributed by atoms with Crippen molar-refractivity contribution in [2.24, 2.45) is 0 Å². The zero-order chi connectivity index (χ0) is 15.7. The Morgan fingerprint density at radius 2 is 1.77 bits per heavy atom. The highest BCUT2D eigenvalue weighted by Crippen LogP contribution is 2.09. The highest BCUT2D eigenvalue weighted by molar-refractivity contribution is 5.79. The van der Waals surface area contributed by atoms with Crippen molar-refractivity contribution in [1.29, 1.82) is 0 Å². The summed E-state index contributed by atoms with van der Waals surface area (Å²) >= 11 is 0. The highest BCUT2D eigenvalue weighted by Gasteiger charge is 2.21. The van der Waals surface area contributed by atoms with Gasteiger partial charge >= 0.3 is 5.69 Å². The van der Waals surface area contributed by atoms with E-state index < -0.39 is 11.2 Å². The van der Waals surface area contributed by atoms with Gasteiger partial charge in [-0.3, -0.25) is 18.7 Å². The molecule has 2 heterocycles. The summed E-state index contributed by atoms with van der Waals surface area (Å²) in [6.07, 6.45) is 1.97. The Morgan fingerprint density at radius 3 is 2.45 bits per heavy atom. The minimum atomic E-state index is -0.418. The van der Waals surface area contributed by atoms with Crippen molar-refractivity contribution in [3.63, 3.8) is 0 Å². The lowest BCUT2D eigenvalue weighted by atomic mass is 10.2. The molecule has 1 aromatic carbocycles. The molecule has 0 N–H and O–H groups in total. The first kappa shape index (κ1) is 14.6. The van der Waals surface area contributed by atoms with Crippen LogP contribution in [0.3, 0.4) is 0 Å². The van der Waals surface area contributed by atoms with Gasteiger partial charge in [-0.05, 0) is 31.9 Å². The Bertz CT molecular complexity index is 829. The van der Waals surface area contributed by atoms with E-state index in [0.29, 0.717) is 30.5 Å². The molecule has 0 bridgehead atoms. The molecule has 1 saturated heterocycles. The van der Waals surface area contributed by atoms with Crippen LogP contribution in [0.2, 0.25) is 0 Å². The molecular weight excluding hydrogens is 282 g/mol. The third-order valence-corrected chi connectivity index (χ3v) is 4.20. The minimum absolute atomic E-state index is 0.158. The topological polar surface area (TPSA) is 64.3 Å². The lowest BCUT2D eigenvalue weighted by Gasteiger charge is -2.17. The fourth-order valence-electron chi connectivity index (χ4n) is 3.02. The summed E-state index contributed by atoms with van der Waals surface area (Å²) in [6, 6.07) is 7.02. The Balaban J connectivity index is 2.11. The first-order valence-electron chi connectivity index (χ1n) is 7.63. The van der Waals surface area contributed by atoms with E-state index in [1.54, 1.807) is 29.2 Å². The Kier molecular flexibility index (Phi) is 3.83. The van der Waals surface area contributed by atoms with Crippen LogP contribution in [0.15, 0.2) is 33.9 Å². The molecule has 6 heteroatoms. The summed E-state index contributed by atoms with van der Waals surface area (Å²) in [4.78, 5) is 39.1. The molecule has 1 amide bonds. The largest absolute Gasteiger partial charge is 0.341 e. The standard InChI is InChI=1S/C16H19N3O3/c1-2-18-13-8-4-3-7-12(13)15(21)19(16(18)22)11-14(20)17-9-5-6-10-17/h3-4,7-8H,2,5-6,9-11H2,1H3. The number of likely N-dealkylation sites (tertiary alicyclic amines) is 1. The van der Waals surface area contributed by atoms with Crippen molar-refractivity contribution in [1.82, 2.24) is 14.0 Å². The van der Waals surface area contributed by atoms with Gasteiger partial charge in [0.1, 0.15) is 6.54 Å². The molecule has 1 aromatic heterocycles. The SMILES string of the molecule is CCn1c(=O)n(CC(=O)N2CCCC2)c(=O)c2ccccc21. The van der Waals surface area contributed by atoms with E-state index in [1.165, 1.54) is 4.57 Å². The minimum Gasteiger partial charge on any atom is -0.341 e. The van der Waals surface area contributed by atoms with Gasteiger partial charge in [-0.1, -0.05) is 12.1 Å². The summed E-state index contributed by atoms with van der Waals surface area (Å²) in [7, 11) is 0. The molecule has 0 radical (unpaired) electrons. The smallest absolute Gasteiger partial charge is 0.331 e. The van der Waals surface area contributed by atoms with Crippen LogP contribution in [0.25, 0.3) is 10.9 Å². The number of nitrogens with zero attached hydrogens (tertiary/aromatic N) is 3. The Morgan fingerprint density at radius 1 is 1.09 bits per heavy atom. The summed E-state index contributed by atoms with van der Waals surface area (Å²) in [5.74, 6) is -0.158. The van der Waals surface area contributed by atoms with E-state index >= 15 is 0 Å². The second kappa shape index (κ2) is 5.79. The quantitative estimate of drug-likeness (QED) is 0.842. The van der Waals surface area contributed by atoms with Crippen molar-refractivity contribution in [3.05, 3.63) is 45.1 Å². The van der Waals surface area contributed by atoms with Crippen LogP contribution in [0.4, 0.5) is 0 Å². The molecule has 3 rings (SSSR count). The number of para-hydroxylation sites is 1. The lowest BCUT2D eigenvalue weighted by Crippen LogP contribution is -2.44. The Labute approximate surface area is 127 Å². The molecule has 1 fully saturated rings. The van der Waals surface area contributed by atoms with E-state index in [0.717, 1.165) is 17.4 Å². The van der Waals surface area contributed by atoms with E-state index in [2.05, 4.69) is 0 Å². The normalized spacial score (nSPS) is 14.7. The summed E-state index contributed by atoms with van der Waals surface area (Å²) in [5, 5.41) is 0.471. The van der Waals surface area contributed by atoms with E-state index in [1.807, 2.05) is 6.92 Å². The van der Waals surface area contributed by atoms with E-state index in [9.17, 15) is 14.4 Å². The second-order valence-corrected chi connectivity index (χ2v) is 5.52. The second-order valence-electron chi connectivity index (χ2n) is 5.52. The number of benzene rings is 1. The number of aromatic nitrogens is 2. The van der Waals surface area contributed by atoms with Crippen molar-refractivity contribution >= 4 is 16.8 Å². The average molecular weight is 301 g/mol. The average Bonchev–Trinajstić information content (AvgIpc) is 3.06. The van der Waals surface area contributed by atoms with Crippen LogP contribution in [-0.4, -0.2) is 33.0 Å². The molecule has 116 valence electrons. The number of carbonyl (C=O) groups excluding carboxylic acids is 1. The first-order valence-corrected chi connectivity index (χ1v) is 7.63. The highest BCUT2D eigenvalue weighted by atomic mass is 16.2. The molecule has 0 unspecified atom stereocenters. The van der Waals surface area contributed by atoms with Crippen LogP contribution in [0, 0.1) is 0 Å². The third-order valence-electron chi connectivity index (χ3n) is 4.20. The number of amides is 1. The summed E-state index contributed by atoms with van der Waals surface area (Å²) in [6.45, 7) is 3.55. The molecular formula is C16H19N3O3. The zero-order valence-electron chi connectivity index (χ0n) is 12.6. The maximum absolute atomic E-state index is 12.5. The molecule has 22 heavy (non-hydrogen) atoms. The van der Waals surface area contributed by atoms with E-state index in [-0.39, 0.29) is 12.5 Å². The predicted molar refractivity (Wildman–Crippen MR) is 84.0 cm³/mol. The van der Waals surface area contributed by atoms with Gasteiger partial charge in [-0.15, -0.1) is 0 Å². The van der Waals surface area contributed by atoms with Gasteiger partial charge in [0, 0.05) is 19.6 Å². The monoisotopic (exact) mass is 301 g/mol. The van der Waals surface area contributed by atoms with Crippen molar-refractivity contribution < 1.29 is 4.79 Å². The van der Waals surface area contributed by atoms with E-state index in [4.69, 9.17) is 0 Å². The van der Waals surface area contributed by atoms with Gasteiger partial charge in [0.05, 0.1) is 10.9 Å². The maximum atomic E-state index is 12.5. The number of hydrogen-bond donors (Lipinski definition) is 0. The number of aryl methyl sites for hydroxylation is 1. The zero-order valence-corrected chi connectivity index (χ0v) is 12.6. The van der Waals surface area contributed by atoms with Gasteiger partial charge < -0.3 is 4.90 Å². The summed E-state index contributed by atoms with van der Waals surface area (Å²) < 4.78 is 2.60. The molecule has 6 nitrogen and oxygen atoms in total. The third kappa shape index (κ3) is 2.34. The van der Waals surface area contributed by atoms with Gasteiger partial charge in [0.15, 0.2) is 0 Å². The van der Waals surface area contributed by atoms with Crippen molar-refractivity contribution in [2.45, 2.75) is 32.9 Å².